The van der Waals surface area contributed by atoms with E-state index in [-0.39, 0.29) is 18.5 Å². The molecule has 140 valence electrons. The summed E-state index contributed by atoms with van der Waals surface area (Å²) in [6, 6.07) is 0.184. The second kappa shape index (κ2) is 6.53. The Kier molecular flexibility index (Phi) is 4.16. The molecule has 5 rings (SSSR count). The molecule has 2 saturated heterocycles. The standard InChI is InChI=1S/C19H26FN5O/c20-14-3-5-25(11-14)19(26)17-7-15(9-21-17)24-6-4-16-13(10-24)8-22-18(23-16)12-1-2-12/h8,12,14-15,17,21H,1-7,9-11H2/t14-,15-,17-/m0/s1. The first-order valence-corrected chi connectivity index (χ1v) is 9.92. The molecule has 4 heterocycles. The Morgan fingerprint density at radius 2 is 2.15 bits per heavy atom. The van der Waals surface area contributed by atoms with Crippen molar-refractivity contribution in [3.8, 4) is 0 Å². The summed E-state index contributed by atoms with van der Waals surface area (Å²) >= 11 is 0. The number of carbonyl (C=O) groups excluding carboxylic acids is 1. The van der Waals surface area contributed by atoms with E-state index in [0.29, 0.717) is 24.9 Å². The number of likely N-dealkylation sites (tertiary alicyclic amines) is 1. The molecule has 0 unspecified atom stereocenters. The second-order valence-electron chi connectivity index (χ2n) is 8.22. The van der Waals surface area contributed by atoms with Gasteiger partial charge in [0, 0.05) is 62.0 Å². The molecule has 1 aliphatic carbocycles. The number of amides is 1. The maximum atomic E-state index is 13.4. The SMILES string of the molecule is O=C([C@@H]1C[C@H](N2CCc3nc(C4CC4)ncc3C2)CN1)N1CC[C@H](F)C1. The predicted octanol–water partition coefficient (Wildman–Crippen LogP) is 1.01. The lowest BCUT2D eigenvalue weighted by Crippen LogP contribution is -2.42. The summed E-state index contributed by atoms with van der Waals surface area (Å²) in [5.41, 5.74) is 2.44. The van der Waals surface area contributed by atoms with E-state index < -0.39 is 6.17 Å². The summed E-state index contributed by atoms with van der Waals surface area (Å²) in [6.45, 7) is 3.49. The zero-order chi connectivity index (χ0) is 17.7. The van der Waals surface area contributed by atoms with Gasteiger partial charge in [0.15, 0.2) is 0 Å². The number of hydrogen-bond donors (Lipinski definition) is 1. The minimum Gasteiger partial charge on any atom is -0.338 e. The molecule has 0 bridgehead atoms. The van der Waals surface area contributed by atoms with Gasteiger partial charge in [0.25, 0.3) is 0 Å². The Hall–Kier alpha value is -1.60. The first-order chi connectivity index (χ1) is 12.7. The minimum absolute atomic E-state index is 0.0717. The number of halogens is 1. The number of hydrogen-bond acceptors (Lipinski definition) is 5. The van der Waals surface area contributed by atoms with Crippen LogP contribution < -0.4 is 5.32 Å². The van der Waals surface area contributed by atoms with Crippen molar-refractivity contribution in [1.29, 1.82) is 0 Å². The quantitative estimate of drug-likeness (QED) is 0.873. The Morgan fingerprint density at radius 1 is 1.27 bits per heavy atom. The molecule has 0 aromatic carbocycles. The zero-order valence-corrected chi connectivity index (χ0v) is 15.0. The van der Waals surface area contributed by atoms with Crippen molar-refractivity contribution < 1.29 is 9.18 Å². The highest BCUT2D eigenvalue weighted by molar-refractivity contribution is 5.82. The molecule has 1 aromatic rings. The fourth-order valence-electron chi connectivity index (χ4n) is 4.52. The maximum absolute atomic E-state index is 13.4. The molecule has 0 spiro atoms. The van der Waals surface area contributed by atoms with Crippen LogP contribution in [0, 0.1) is 0 Å². The number of aromatic nitrogens is 2. The molecule has 26 heavy (non-hydrogen) atoms. The van der Waals surface area contributed by atoms with Gasteiger partial charge < -0.3 is 10.2 Å². The van der Waals surface area contributed by atoms with Crippen molar-refractivity contribution >= 4 is 5.91 Å². The lowest BCUT2D eigenvalue weighted by molar-refractivity contribution is -0.132. The van der Waals surface area contributed by atoms with Crippen LogP contribution in [0.3, 0.4) is 0 Å². The van der Waals surface area contributed by atoms with Gasteiger partial charge >= 0.3 is 0 Å². The van der Waals surface area contributed by atoms with Crippen molar-refractivity contribution in [1.82, 2.24) is 25.1 Å². The topological polar surface area (TPSA) is 61.4 Å². The molecule has 4 aliphatic rings. The van der Waals surface area contributed by atoms with Crippen molar-refractivity contribution in [3.63, 3.8) is 0 Å². The second-order valence-corrected chi connectivity index (χ2v) is 8.22. The summed E-state index contributed by atoms with van der Waals surface area (Å²) in [6.07, 6.45) is 5.87. The van der Waals surface area contributed by atoms with Crippen LogP contribution in [0.2, 0.25) is 0 Å². The molecule has 0 radical (unpaired) electrons. The lowest BCUT2D eigenvalue weighted by atomic mass is 10.0. The van der Waals surface area contributed by atoms with Gasteiger partial charge in [-0.3, -0.25) is 9.69 Å². The number of nitrogens with zero attached hydrogens (tertiary/aromatic N) is 4. The van der Waals surface area contributed by atoms with E-state index in [9.17, 15) is 9.18 Å². The molecule has 1 amide bonds. The minimum atomic E-state index is -0.852. The van der Waals surface area contributed by atoms with E-state index >= 15 is 0 Å². The highest BCUT2D eigenvalue weighted by Gasteiger charge is 2.38. The van der Waals surface area contributed by atoms with Crippen LogP contribution in [0.25, 0.3) is 0 Å². The van der Waals surface area contributed by atoms with Crippen molar-refractivity contribution in [2.75, 3.05) is 26.2 Å². The first kappa shape index (κ1) is 16.6. The molecule has 1 N–H and O–H groups in total. The summed E-state index contributed by atoms with van der Waals surface area (Å²) in [4.78, 5) is 26.1. The first-order valence-electron chi connectivity index (χ1n) is 9.92. The Balaban J connectivity index is 1.21. The number of alkyl halides is 1. The van der Waals surface area contributed by atoms with Gasteiger partial charge in [-0.25, -0.2) is 14.4 Å². The average Bonchev–Trinajstić information content (AvgIpc) is 3.23. The third-order valence-electron chi connectivity index (χ3n) is 6.29. The molecule has 3 fully saturated rings. The highest BCUT2D eigenvalue weighted by Crippen LogP contribution is 2.38. The van der Waals surface area contributed by atoms with Gasteiger partial charge in [-0.2, -0.15) is 0 Å². The smallest absolute Gasteiger partial charge is 0.239 e. The third-order valence-corrected chi connectivity index (χ3v) is 6.29. The molecular weight excluding hydrogens is 333 g/mol. The Morgan fingerprint density at radius 3 is 2.92 bits per heavy atom. The Labute approximate surface area is 153 Å². The molecule has 3 atom stereocenters. The van der Waals surface area contributed by atoms with E-state index in [1.807, 2.05) is 6.20 Å². The number of rotatable bonds is 3. The summed E-state index contributed by atoms with van der Waals surface area (Å²) < 4.78 is 13.4. The van der Waals surface area contributed by atoms with Crippen LogP contribution >= 0.6 is 0 Å². The van der Waals surface area contributed by atoms with E-state index in [2.05, 4.69) is 15.2 Å². The molecule has 1 saturated carbocycles. The average molecular weight is 359 g/mol. The van der Waals surface area contributed by atoms with Crippen molar-refractivity contribution in [2.24, 2.45) is 0 Å². The van der Waals surface area contributed by atoms with Crippen LogP contribution in [-0.2, 0) is 17.8 Å². The van der Waals surface area contributed by atoms with E-state index in [4.69, 9.17) is 4.98 Å². The van der Waals surface area contributed by atoms with Gasteiger partial charge in [-0.05, 0) is 25.7 Å². The monoisotopic (exact) mass is 359 g/mol. The summed E-state index contributed by atoms with van der Waals surface area (Å²) in [5, 5.41) is 3.37. The number of fused-ring (bicyclic) bond motifs is 1. The normalized spacial score (nSPS) is 32.0. The van der Waals surface area contributed by atoms with Crippen molar-refractivity contribution in [2.45, 2.75) is 62.8 Å². The van der Waals surface area contributed by atoms with Crippen LogP contribution in [0.5, 0.6) is 0 Å². The van der Waals surface area contributed by atoms with Crippen LogP contribution in [-0.4, -0.2) is 70.1 Å². The number of nitrogens with one attached hydrogen (secondary N) is 1. The van der Waals surface area contributed by atoms with Crippen molar-refractivity contribution in [3.05, 3.63) is 23.3 Å². The predicted molar refractivity (Wildman–Crippen MR) is 94.4 cm³/mol. The van der Waals surface area contributed by atoms with Gasteiger partial charge in [-0.15, -0.1) is 0 Å². The fourth-order valence-corrected chi connectivity index (χ4v) is 4.52. The van der Waals surface area contributed by atoms with Crippen LogP contribution in [0.1, 0.15) is 48.7 Å². The van der Waals surface area contributed by atoms with Crippen LogP contribution in [0.4, 0.5) is 4.39 Å². The van der Waals surface area contributed by atoms with Gasteiger partial charge in [0.05, 0.1) is 12.6 Å². The van der Waals surface area contributed by atoms with Gasteiger partial charge in [0.2, 0.25) is 5.91 Å². The van der Waals surface area contributed by atoms with Gasteiger partial charge in [-0.1, -0.05) is 0 Å². The van der Waals surface area contributed by atoms with Gasteiger partial charge in [0.1, 0.15) is 12.0 Å². The largest absolute Gasteiger partial charge is 0.338 e. The zero-order valence-electron chi connectivity index (χ0n) is 15.0. The third kappa shape index (κ3) is 3.11. The molecule has 3 aliphatic heterocycles. The lowest BCUT2D eigenvalue weighted by Gasteiger charge is -2.32. The molecule has 7 heteroatoms. The molecular formula is C19H26FN5O. The number of carbonyl (C=O) groups is 1. The maximum Gasteiger partial charge on any atom is 0.239 e. The molecule has 6 nitrogen and oxygen atoms in total. The summed E-state index contributed by atoms with van der Waals surface area (Å²) in [7, 11) is 0. The van der Waals surface area contributed by atoms with E-state index in [1.54, 1.807) is 4.90 Å². The summed E-state index contributed by atoms with van der Waals surface area (Å²) in [5.74, 6) is 1.70. The van der Waals surface area contributed by atoms with Crippen LogP contribution in [0.15, 0.2) is 6.20 Å². The Bertz CT molecular complexity index is 709. The fraction of sp³-hybridized carbons (Fsp3) is 0.737. The molecule has 1 aromatic heterocycles. The highest BCUT2D eigenvalue weighted by atomic mass is 19.1. The van der Waals surface area contributed by atoms with E-state index in [1.165, 1.54) is 24.1 Å². The van der Waals surface area contributed by atoms with E-state index in [0.717, 1.165) is 38.3 Å².